The fraction of sp³-hybridized carbons (Fsp3) is 0.684. The van der Waals surface area contributed by atoms with Crippen molar-refractivity contribution in [3.63, 3.8) is 0 Å². The number of hydrogen-bond donors (Lipinski definition) is 1. The quantitative estimate of drug-likeness (QED) is 0.853. The van der Waals surface area contributed by atoms with Gasteiger partial charge in [0.1, 0.15) is 0 Å². The largest absolute Gasteiger partial charge is 0.313 e. The van der Waals surface area contributed by atoms with Gasteiger partial charge in [-0.05, 0) is 64.2 Å². The Hall–Kier alpha value is -0.860. The molecule has 2 atom stereocenters. The molecule has 1 aliphatic rings. The first-order valence-corrected chi connectivity index (χ1v) is 8.47. The van der Waals surface area contributed by atoms with Gasteiger partial charge in [-0.3, -0.25) is 0 Å². The van der Waals surface area contributed by atoms with Gasteiger partial charge in [-0.2, -0.15) is 0 Å². The predicted octanol–water partition coefficient (Wildman–Crippen LogP) is 3.93. The summed E-state index contributed by atoms with van der Waals surface area (Å²) < 4.78 is 0. The second-order valence-electron chi connectivity index (χ2n) is 7.14. The molecule has 0 spiro atoms. The van der Waals surface area contributed by atoms with E-state index in [0.717, 1.165) is 11.8 Å². The molecule has 1 aromatic carbocycles. The molecule has 0 aliphatic carbocycles. The normalized spacial score (nSPS) is 21.1. The van der Waals surface area contributed by atoms with Crippen LogP contribution in [0.1, 0.15) is 49.4 Å². The molecule has 2 nitrogen and oxygen atoms in total. The molecular formula is C19H32N2. The van der Waals surface area contributed by atoms with Crippen molar-refractivity contribution in [2.75, 3.05) is 26.7 Å². The van der Waals surface area contributed by atoms with E-state index in [2.05, 4.69) is 63.2 Å². The highest BCUT2D eigenvalue weighted by atomic mass is 15.1. The summed E-state index contributed by atoms with van der Waals surface area (Å²) in [6, 6.07) is 7.38. The zero-order valence-electron chi connectivity index (χ0n) is 14.4. The molecule has 1 saturated heterocycles. The summed E-state index contributed by atoms with van der Waals surface area (Å²) in [5, 5.41) is 3.50. The molecule has 0 bridgehead atoms. The van der Waals surface area contributed by atoms with E-state index in [1.807, 2.05) is 0 Å². The van der Waals surface area contributed by atoms with Crippen LogP contribution in [-0.4, -0.2) is 31.6 Å². The first-order chi connectivity index (χ1) is 9.99. The SMILES string of the molecule is CNC(CCN1CCC(C(C)C)C1)c1cc(C)cc(C)c1. The molecule has 2 unspecified atom stereocenters. The van der Waals surface area contributed by atoms with Gasteiger partial charge in [0.2, 0.25) is 0 Å². The Bertz CT molecular complexity index is 433. The minimum absolute atomic E-state index is 0.474. The van der Waals surface area contributed by atoms with Crippen molar-refractivity contribution in [1.29, 1.82) is 0 Å². The topological polar surface area (TPSA) is 15.3 Å². The predicted molar refractivity (Wildman–Crippen MR) is 91.7 cm³/mol. The molecule has 0 amide bonds. The smallest absolute Gasteiger partial charge is 0.0329 e. The number of benzene rings is 1. The third-order valence-electron chi connectivity index (χ3n) is 4.98. The maximum Gasteiger partial charge on any atom is 0.0329 e. The lowest BCUT2D eigenvalue weighted by molar-refractivity contribution is 0.287. The van der Waals surface area contributed by atoms with Crippen LogP contribution in [0.25, 0.3) is 0 Å². The minimum atomic E-state index is 0.474. The van der Waals surface area contributed by atoms with Crippen LogP contribution < -0.4 is 5.32 Å². The van der Waals surface area contributed by atoms with Crippen molar-refractivity contribution in [3.05, 3.63) is 34.9 Å². The van der Waals surface area contributed by atoms with Gasteiger partial charge in [0.25, 0.3) is 0 Å². The molecule has 0 saturated carbocycles. The fourth-order valence-electron chi connectivity index (χ4n) is 3.61. The molecule has 2 rings (SSSR count). The number of nitrogens with one attached hydrogen (secondary N) is 1. The van der Waals surface area contributed by atoms with Crippen LogP contribution in [0.15, 0.2) is 18.2 Å². The molecule has 0 radical (unpaired) electrons. The summed E-state index contributed by atoms with van der Waals surface area (Å²) in [5.41, 5.74) is 4.17. The third-order valence-corrected chi connectivity index (χ3v) is 4.98. The fourth-order valence-corrected chi connectivity index (χ4v) is 3.61. The number of aryl methyl sites for hydroxylation is 2. The summed E-state index contributed by atoms with van der Waals surface area (Å²) in [4.78, 5) is 2.65. The zero-order chi connectivity index (χ0) is 15.4. The van der Waals surface area contributed by atoms with E-state index in [0.29, 0.717) is 6.04 Å². The van der Waals surface area contributed by atoms with Gasteiger partial charge in [0, 0.05) is 12.6 Å². The molecule has 1 N–H and O–H groups in total. The summed E-state index contributed by atoms with van der Waals surface area (Å²) in [6.07, 6.45) is 2.58. The van der Waals surface area contributed by atoms with Crippen molar-refractivity contribution in [3.8, 4) is 0 Å². The maximum atomic E-state index is 3.50. The average Bonchev–Trinajstić information content (AvgIpc) is 2.87. The molecule has 1 aromatic rings. The highest BCUT2D eigenvalue weighted by Gasteiger charge is 2.25. The number of likely N-dealkylation sites (tertiary alicyclic amines) is 1. The van der Waals surface area contributed by atoms with Crippen LogP contribution in [-0.2, 0) is 0 Å². The van der Waals surface area contributed by atoms with Crippen molar-refractivity contribution >= 4 is 0 Å². The maximum absolute atomic E-state index is 3.50. The lowest BCUT2D eigenvalue weighted by Crippen LogP contribution is -2.27. The molecule has 118 valence electrons. The summed E-state index contributed by atoms with van der Waals surface area (Å²) in [7, 11) is 2.09. The third kappa shape index (κ3) is 4.55. The Morgan fingerprint density at radius 2 is 1.86 bits per heavy atom. The highest BCUT2D eigenvalue weighted by molar-refractivity contribution is 5.30. The number of hydrogen-bond acceptors (Lipinski definition) is 2. The molecule has 1 heterocycles. The van der Waals surface area contributed by atoms with E-state index in [1.165, 1.54) is 49.2 Å². The standard InChI is InChI=1S/C19H32N2/c1-14(2)17-6-8-21(13-17)9-7-19(20-5)18-11-15(3)10-16(4)12-18/h10-12,14,17,19-20H,6-9,13H2,1-5H3. The van der Waals surface area contributed by atoms with E-state index in [1.54, 1.807) is 0 Å². The Morgan fingerprint density at radius 3 is 2.38 bits per heavy atom. The van der Waals surface area contributed by atoms with Crippen LogP contribution in [0, 0.1) is 25.7 Å². The Morgan fingerprint density at radius 1 is 1.19 bits per heavy atom. The molecule has 1 aliphatic heterocycles. The van der Waals surface area contributed by atoms with Crippen LogP contribution >= 0.6 is 0 Å². The second-order valence-corrected chi connectivity index (χ2v) is 7.14. The van der Waals surface area contributed by atoms with E-state index < -0.39 is 0 Å². The van der Waals surface area contributed by atoms with Crippen molar-refractivity contribution in [1.82, 2.24) is 10.2 Å². The van der Waals surface area contributed by atoms with Crippen LogP contribution in [0.2, 0.25) is 0 Å². The van der Waals surface area contributed by atoms with Gasteiger partial charge < -0.3 is 10.2 Å². The lowest BCUT2D eigenvalue weighted by Gasteiger charge is -2.23. The molecule has 1 fully saturated rings. The van der Waals surface area contributed by atoms with Gasteiger partial charge >= 0.3 is 0 Å². The first kappa shape index (κ1) is 16.5. The number of rotatable bonds is 6. The Kier molecular flexibility index (Phi) is 5.83. The molecule has 2 heteroatoms. The minimum Gasteiger partial charge on any atom is -0.313 e. The van der Waals surface area contributed by atoms with Gasteiger partial charge in [-0.1, -0.05) is 43.2 Å². The van der Waals surface area contributed by atoms with E-state index >= 15 is 0 Å². The van der Waals surface area contributed by atoms with E-state index in [9.17, 15) is 0 Å². The average molecular weight is 288 g/mol. The van der Waals surface area contributed by atoms with E-state index in [4.69, 9.17) is 0 Å². The molecule has 21 heavy (non-hydrogen) atoms. The monoisotopic (exact) mass is 288 g/mol. The Balaban J connectivity index is 1.91. The summed E-state index contributed by atoms with van der Waals surface area (Å²) >= 11 is 0. The first-order valence-electron chi connectivity index (χ1n) is 8.47. The Labute approximate surface area is 130 Å². The summed E-state index contributed by atoms with van der Waals surface area (Å²) in [6.45, 7) is 12.9. The van der Waals surface area contributed by atoms with Gasteiger partial charge in [-0.15, -0.1) is 0 Å². The van der Waals surface area contributed by atoms with Crippen LogP contribution in [0.4, 0.5) is 0 Å². The second kappa shape index (κ2) is 7.42. The number of nitrogens with zero attached hydrogens (tertiary/aromatic N) is 1. The van der Waals surface area contributed by atoms with Crippen molar-refractivity contribution < 1.29 is 0 Å². The molecule has 0 aromatic heterocycles. The lowest BCUT2D eigenvalue weighted by atomic mass is 9.95. The van der Waals surface area contributed by atoms with Gasteiger partial charge in [0.05, 0.1) is 0 Å². The van der Waals surface area contributed by atoms with Crippen molar-refractivity contribution in [2.24, 2.45) is 11.8 Å². The summed E-state index contributed by atoms with van der Waals surface area (Å²) in [5.74, 6) is 1.73. The van der Waals surface area contributed by atoms with Crippen LogP contribution in [0.3, 0.4) is 0 Å². The van der Waals surface area contributed by atoms with E-state index in [-0.39, 0.29) is 0 Å². The van der Waals surface area contributed by atoms with Gasteiger partial charge in [-0.25, -0.2) is 0 Å². The molecular weight excluding hydrogens is 256 g/mol. The highest BCUT2D eigenvalue weighted by Crippen LogP contribution is 2.25. The van der Waals surface area contributed by atoms with Crippen molar-refractivity contribution in [2.45, 2.75) is 46.6 Å². The van der Waals surface area contributed by atoms with Gasteiger partial charge in [0.15, 0.2) is 0 Å². The zero-order valence-corrected chi connectivity index (χ0v) is 14.4. The van der Waals surface area contributed by atoms with Crippen LogP contribution in [0.5, 0.6) is 0 Å².